The molecule has 3 rings (SSSR count). The van der Waals surface area contributed by atoms with Crippen molar-refractivity contribution in [3.05, 3.63) is 65.2 Å². The number of nitrogens with two attached hydrogens (primary N) is 1. The summed E-state index contributed by atoms with van der Waals surface area (Å²) in [6.45, 7) is 0. The highest BCUT2D eigenvalue weighted by Gasteiger charge is 2.14. The van der Waals surface area contributed by atoms with E-state index in [1.165, 1.54) is 18.4 Å². The molecule has 26 heavy (non-hydrogen) atoms. The van der Waals surface area contributed by atoms with Crippen LogP contribution in [0.4, 0.5) is 11.4 Å². The van der Waals surface area contributed by atoms with Crippen LogP contribution in [-0.2, 0) is 16.0 Å². The normalized spacial score (nSPS) is 10.3. The number of benzene rings is 2. The molecule has 0 aliphatic rings. The molecule has 2 aromatic carbocycles. The Kier molecular flexibility index (Phi) is 5.28. The summed E-state index contributed by atoms with van der Waals surface area (Å²) in [5, 5.41) is 5.38. The first kappa shape index (κ1) is 17.6. The SMILES string of the molecule is COC(=O)c1ccccc1NC(=O)Cc1csc(-c2cccc(N)c2)n1. The molecule has 0 aliphatic carbocycles. The highest BCUT2D eigenvalue weighted by atomic mass is 32.1. The second kappa shape index (κ2) is 7.79. The van der Waals surface area contributed by atoms with Crippen LogP contribution in [0.2, 0.25) is 0 Å². The third-order valence-electron chi connectivity index (χ3n) is 3.63. The Balaban J connectivity index is 1.71. The Morgan fingerprint density at radius 2 is 2.00 bits per heavy atom. The number of thiazole rings is 1. The number of anilines is 2. The van der Waals surface area contributed by atoms with Crippen LogP contribution in [0.25, 0.3) is 10.6 Å². The number of methoxy groups -OCH3 is 1. The van der Waals surface area contributed by atoms with Crippen LogP contribution in [0.5, 0.6) is 0 Å². The van der Waals surface area contributed by atoms with Gasteiger partial charge in [-0.3, -0.25) is 4.79 Å². The Bertz CT molecular complexity index is 952. The van der Waals surface area contributed by atoms with Crippen molar-refractivity contribution in [2.24, 2.45) is 0 Å². The van der Waals surface area contributed by atoms with E-state index in [9.17, 15) is 9.59 Å². The summed E-state index contributed by atoms with van der Waals surface area (Å²) in [4.78, 5) is 28.6. The van der Waals surface area contributed by atoms with Crippen molar-refractivity contribution in [2.45, 2.75) is 6.42 Å². The van der Waals surface area contributed by atoms with E-state index in [4.69, 9.17) is 10.5 Å². The number of nitrogens with one attached hydrogen (secondary N) is 1. The molecule has 0 saturated heterocycles. The van der Waals surface area contributed by atoms with E-state index in [2.05, 4.69) is 10.3 Å². The van der Waals surface area contributed by atoms with Crippen LogP contribution < -0.4 is 11.1 Å². The summed E-state index contributed by atoms with van der Waals surface area (Å²) < 4.78 is 4.73. The largest absolute Gasteiger partial charge is 0.465 e. The van der Waals surface area contributed by atoms with Gasteiger partial charge in [0, 0.05) is 16.6 Å². The topological polar surface area (TPSA) is 94.3 Å². The fourth-order valence-corrected chi connectivity index (χ4v) is 3.25. The number of carbonyl (C=O) groups is 2. The van der Waals surface area contributed by atoms with Crippen LogP contribution in [0, 0.1) is 0 Å². The van der Waals surface area contributed by atoms with Crippen molar-refractivity contribution in [2.75, 3.05) is 18.2 Å². The first-order valence-electron chi connectivity index (χ1n) is 7.84. The first-order valence-corrected chi connectivity index (χ1v) is 8.72. The average Bonchev–Trinajstić information content (AvgIpc) is 3.10. The molecule has 3 N–H and O–H groups in total. The quantitative estimate of drug-likeness (QED) is 0.533. The minimum atomic E-state index is -0.501. The molecular formula is C19H17N3O3S. The molecule has 1 amide bonds. The average molecular weight is 367 g/mol. The summed E-state index contributed by atoms with van der Waals surface area (Å²) in [6.07, 6.45) is 0.105. The minimum Gasteiger partial charge on any atom is -0.465 e. The monoisotopic (exact) mass is 367 g/mol. The van der Waals surface area contributed by atoms with Gasteiger partial charge in [-0.1, -0.05) is 24.3 Å². The molecule has 3 aromatic rings. The number of nitrogen functional groups attached to an aromatic ring is 1. The van der Waals surface area contributed by atoms with Crippen LogP contribution in [0.15, 0.2) is 53.9 Å². The maximum atomic E-state index is 12.3. The van der Waals surface area contributed by atoms with E-state index in [-0.39, 0.29) is 12.3 Å². The van der Waals surface area contributed by atoms with Crippen molar-refractivity contribution < 1.29 is 14.3 Å². The van der Waals surface area contributed by atoms with Crippen molar-refractivity contribution in [1.82, 2.24) is 4.98 Å². The number of hydrogen-bond donors (Lipinski definition) is 2. The summed E-state index contributed by atoms with van der Waals surface area (Å²) in [6, 6.07) is 14.1. The molecule has 6 nitrogen and oxygen atoms in total. The Labute approximate surface area is 154 Å². The van der Waals surface area contributed by atoms with Gasteiger partial charge in [0.25, 0.3) is 0 Å². The van der Waals surface area contributed by atoms with E-state index < -0.39 is 5.97 Å². The van der Waals surface area contributed by atoms with Gasteiger partial charge in [-0.05, 0) is 24.3 Å². The number of hydrogen-bond acceptors (Lipinski definition) is 6. The molecule has 1 heterocycles. The van der Waals surface area contributed by atoms with E-state index in [1.54, 1.807) is 24.3 Å². The molecule has 0 spiro atoms. The van der Waals surface area contributed by atoms with Crippen molar-refractivity contribution in [1.29, 1.82) is 0 Å². The third-order valence-corrected chi connectivity index (χ3v) is 4.57. The van der Waals surface area contributed by atoms with Crippen molar-refractivity contribution >= 4 is 34.6 Å². The molecule has 0 aliphatic heterocycles. The van der Waals surface area contributed by atoms with E-state index >= 15 is 0 Å². The number of aromatic nitrogens is 1. The number of rotatable bonds is 5. The fraction of sp³-hybridized carbons (Fsp3) is 0.105. The number of para-hydroxylation sites is 1. The maximum Gasteiger partial charge on any atom is 0.339 e. The summed E-state index contributed by atoms with van der Waals surface area (Å²) in [7, 11) is 1.30. The predicted molar refractivity (Wildman–Crippen MR) is 102 cm³/mol. The second-order valence-corrected chi connectivity index (χ2v) is 6.39. The maximum absolute atomic E-state index is 12.3. The smallest absolute Gasteiger partial charge is 0.339 e. The highest BCUT2D eigenvalue weighted by Crippen LogP contribution is 2.25. The minimum absolute atomic E-state index is 0.105. The molecule has 7 heteroatoms. The van der Waals surface area contributed by atoms with E-state index in [0.29, 0.717) is 22.6 Å². The lowest BCUT2D eigenvalue weighted by atomic mass is 10.1. The van der Waals surface area contributed by atoms with Gasteiger partial charge >= 0.3 is 5.97 Å². The van der Waals surface area contributed by atoms with E-state index in [0.717, 1.165) is 10.6 Å². The Morgan fingerprint density at radius 3 is 2.77 bits per heavy atom. The summed E-state index contributed by atoms with van der Waals surface area (Å²) >= 11 is 1.45. The molecular weight excluding hydrogens is 350 g/mol. The van der Waals surface area contributed by atoms with Gasteiger partial charge in [-0.2, -0.15) is 0 Å². The number of amides is 1. The van der Waals surface area contributed by atoms with Crippen molar-refractivity contribution in [3.8, 4) is 10.6 Å². The molecule has 132 valence electrons. The van der Waals surface area contributed by atoms with Gasteiger partial charge in [0.15, 0.2) is 0 Å². The zero-order valence-electron chi connectivity index (χ0n) is 14.1. The predicted octanol–water partition coefficient (Wildman–Crippen LogP) is 3.36. The van der Waals surface area contributed by atoms with Crippen molar-refractivity contribution in [3.63, 3.8) is 0 Å². The molecule has 0 unspecified atom stereocenters. The second-order valence-electron chi connectivity index (χ2n) is 5.53. The van der Waals surface area contributed by atoms with E-state index in [1.807, 2.05) is 29.6 Å². The van der Waals surface area contributed by atoms with Gasteiger partial charge < -0.3 is 15.8 Å². The number of ether oxygens (including phenoxy) is 1. The van der Waals surface area contributed by atoms with Crippen LogP contribution >= 0.6 is 11.3 Å². The van der Waals surface area contributed by atoms with Gasteiger partial charge in [-0.25, -0.2) is 9.78 Å². The zero-order valence-corrected chi connectivity index (χ0v) is 14.9. The lowest BCUT2D eigenvalue weighted by molar-refractivity contribution is -0.115. The molecule has 0 bridgehead atoms. The molecule has 0 saturated carbocycles. The van der Waals surface area contributed by atoms with Gasteiger partial charge in [0.2, 0.25) is 5.91 Å². The van der Waals surface area contributed by atoms with Crippen LogP contribution in [0.3, 0.4) is 0 Å². The third kappa shape index (κ3) is 4.07. The molecule has 1 aromatic heterocycles. The molecule has 0 radical (unpaired) electrons. The first-order chi connectivity index (χ1) is 12.6. The summed E-state index contributed by atoms with van der Waals surface area (Å²) in [5.74, 6) is -0.760. The lowest BCUT2D eigenvalue weighted by Crippen LogP contribution is -2.17. The number of esters is 1. The van der Waals surface area contributed by atoms with Gasteiger partial charge in [-0.15, -0.1) is 11.3 Å². The number of nitrogens with zero attached hydrogens (tertiary/aromatic N) is 1. The molecule has 0 atom stereocenters. The van der Waals surface area contributed by atoms with Gasteiger partial charge in [0.1, 0.15) is 5.01 Å². The summed E-state index contributed by atoms with van der Waals surface area (Å²) in [5.41, 5.74) is 8.75. The Hall–Kier alpha value is -3.19. The zero-order chi connectivity index (χ0) is 18.5. The van der Waals surface area contributed by atoms with Gasteiger partial charge in [0.05, 0.1) is 30.5 Å². The van der Waals surface area contributed by atoms with Crippen LogP contribution in [0.1, 0.15) is 16.1 Å². The Morgan fingerprint density at radius 1 is 1.19 bits per heavy atom. The fourth-order valence-electron chi connectivity index (χ4n) is 2.43. The standard InChI is InChI=1S/C19H17N3O3S/c1-25-19(24)15-7-2-3-8-16(15)22-17(23)10-14-11-26-18(21-14)12-5-4-6-13(20)9-12/h2-9,11H,10,20H2,1H3,(H,22,23). The lowest BCUT2D eigenvalue weighted by Gasteiger charge is -2.08. The highest BCUT2D eigenvalue weighted by molar-refractivity contribution is 7.13. The van der Waals surface area contributed by atoms with Crippen LogP contribution in [-0.4, -0.2) is 24.0 Å². The molecule has 0 fully saturated rings. The number of carbonyl (C=O) groups excluding carboxylic acids is 2.